The fraction of sp³-hybridized carbons (Fsp3) is 0.417. The maximum Gasteiger partial charge on any atom is 0.308 e. The minimum atomic E-state index is -0.345. The van der Waals surface area contributed by atoms with Crippen LogP contribution in [0, 0.1) is 0 Å². The van der Waals surface area contributed by atoms with Crippen LogP contribution < -0.4 is 5.73 Å². The number of halogens is 1. The summed E-state index contributed by atoms with van der Waals surface area (Å²) in [5.74, 6) is -0.345. The van der Waals surface area contributed by atoms with Crippen molar-refractivity contribution >= 4 is 17.6 Å². The van der Waals surface area contributed by atoms with Crippen LogP contribution in [0.3, 0.4) is 0 Å². The monoisotopic (exact) mass is 257 g/mol. The smallest absolute Gasteiger partial charge is 0.308 e. The second kappa shape index (κ2) is 7.27. The first-order valence-electron chi connectivity index (χ1n) is 5.29. The van der Waals surface area contributed by atoms with Gasteiger partial charge in [0.25, 0.3) is 0 Å². The van der Waals surface area contributed by atoms with Crippen LogP contribution in [0.2, 0.25) is 5.02 Å². The molecule has 94 valence electrons. The van der Waals surface area contributed by atoms with Gasteiger partial charge in [0.1, 0.15) is 6.61 Å². The lowest BCUT2D eigenvalue weighted by Crippen LogP contribution is -2.26. The van der Waals surface area contributed by atoms with Crippen LogP contribution in [-0.2, 0) is 20.9 Å². The number of carbonyl (C=O) groups is 1. The van der Waals surface area contributed by atoms with Gasteiger partial charge in [-0.25, -0.2) is 0 Å². The van der Waals surface area contributed by atoms with E-state index in [4.69, 9.17) is 26.8 Å². The molecule has 2 N–H and O–H groups in total. The molecule has 0 saturated carbocycles. The average molecular weight is 258 g/mol. The molecule has 0 aliphatic heterocycles. The lowest BCUT2D eigenvalue weighted by molar-refractivity contribution is -0.147. The third-order valence-electron chi connectivity index (χ3n) is 2.34. The van der Waals surface area contributed by atoms with Crippen LogP contribution in [0.25, 0.3) is 0 Å². The Morgan fingerprint density at radius 3 is 2.76 bits per heavy atom. The number of nitrogens with two attached hydrogens (primary N) is 1. The van der Waals surface area contributed by atoms with Crippen LogP contribution in [0.4, 0.5) is 0 Å². The van der Waals surface area contributed by atoms with Crippen molar-refractivity contribution in [1.82, 2.24) is 0 Å². The first kappa shape index (κ1) is 14.0. The van der Waals surface area contributed by atoms with Crippen molar-refractivity contribution in [2.75, 3.05) is 13.7 Å². The molecule has 0 heterocycles. The fourth-order valence-corrected chi connectivity index (χ4v) is 1.47. The molecule has 0 aliphatic rings. The highest BCUT2D eigenvalue weighted by Crippen LogP contribution is 2.16. The van der Waals surface area contributed by atoms with Gasteiger partial charge in [0, 0.05) is 24.2 Å². The molecule has 0 spiro atoms. The van der Waals surface area contributed by atoms with Crippen LogP contribution in [0.1, 0.15) is 12.0 Å². The number of hydrogen-bond acceptors (Lipinski definition) is 4. The predicted octanol–water partition coefficient (Wildman–Crippen LogP) is 1.75. The molecule has 0 amide bonds. The molecule has 4 nitrogen and oxygen atoms in total. The quantitative estimate of drug-likeness (QED) is 0.789. The van der Waals surface area contributed by atoms with Crippen molar-refractivity contribution in [3.8, 4) is 0 Å². The van der Waals surface area contributed by atoms with E-state index in [2.05, 4.69) is 0 Å². The Hall–Kier alpha value is -1.10. The highest BCUT2D eigenvalue weighted by Gasteiger charge is 2.13. The van der Waals surface area contributed by atoms with Crippen LogP contribution in [0.5, 0.6) is 0 Å². The van der Waals surface area contributed by atoms with E-state index in [9.17, 15) is 4.79 Å². The largest absolute Gasteiger partial charge is 0.461 e. The van der Waals surface area contributed by atoms with Crippen molar-refractivity contribution in [1.29, 1.82) is 0 Å². The topological polar surface area (TPSA) is 61.5 Å². The molecule has 0 saturated heterocycles. The first-order valence-corrected chi connectivity index (χ1v) is 5.67. The second-order valence-corrected chi connectivity index (χ2v) is 3.96. The molecule has 1 rings (SSSR count). The SMILES string of the molecule is COC(CN)CC(=O)OCc1ccccc1Cl. The minimum absolute atomic E-state index is 0.150. The number of benzene rings is 1. The highest BCUT2D eigenvalue weighted by atomic mass is 35.5. The van der Waals surface area contributed by atoms with E-state index in [0.29, 0.717) is 5.02 Å². The van der Waals surface area contributed by atoms with Gasteiger partial charge in [-0.05, 0) is 6.07 Å². The maximum atomic E-state index is 11.5. The molecule has 1 aromatic carbocycles. The summed E-state index contributed by atoms with van der Waals surface area (Å²) in [6.07, 6.45) is -0.147. The van der Waals surface area contributed by atoms with Gasteiger partial charge in [-0.3, -0.25) is 4.79 Å². The molecular weight excluding hydrogens is 242 g/mol. The molecule has 0 bridgehead atoms. The molecule has 1 unspecified atom stereocenters. The third-order valence-corrected chi connectivity index (χ3v) is 2.71. The molecule has 1 aromatic rings. The van der Waals surface area contributed by atoms with Crippen molar-refractivity contribution in [2.45, 2.75) is 19.1 Å². The van der Waals surface area contributed by atoms with E-state index < -0.39 is 0 Å². The van der Waals surface area contributed by atoms with Crippen molar-refractivity contribution in [2.24, 2.45) is 5.73 Å². The molecule has 5 heteroatoms. The molecule has 1 atom stereocenters. The number of carbonyl (C=O) groups excluding carboxylic acids is 1. The number of ether oxygens (including phenoxy) is 2. The molecule has 0 aromatic heterocycles. The van der Waals surface area contributed by atoms with E-state index >= 15 is 0 Å². The second-order valence-electron chi connectivity index (χ2n) is 3.55. The summed E-state index contributed by atoms with van der Waals surface area (Å²) in [7, 11) is 1.51. The van der Waals surface area contributed by atoms with E-state index in [-0.39, 0.29) is 31.6 Å². The lowest BCUT2D eigenvalue weighted by Gasteiger charge is -2.12. The summed E-state index contributed by atoms with van der Waals surface area (Å²) >= 11 is 5.93. The molecule has 0 aliphatic carbocycles. The van der Waals surface area contributed by atoms with Gasteiger partial charge in [-0.15, -0.1) is 0 Å². The summed E-state index contributed by atoms with van der Waals surface area (Å²) in [6.45, 7) is 0.456. The standard InChI is InChI=1S/C12H16ClNO3/c1-16-10(7-14)6-12(15)17-8-9-4-2-3-5-11(9)13/h2-5,10H,6-8,14H2,1H3. The highest BCUT2D eigenvalue weighted by molar-refractivity contribution is 6.31. The van der Waals surface area contributed by atoms with Gasteiger partial charge >= 0.3 is 5.97 Å². The number of esters is 1. The number of methoxy groups -OCH3 is 1. The third kappa shape index (κ3) is 4.73. The van der Waals surface area contributed by atoms with Crippen LogP contribution >= 0.6 is 11.6 Å². The Kier molecular flexibility index (Phi) is 5.97. The van der Waals surface area contributed by atoms with Gasteiger partial charge in [0.15, 0.2) is 0 Å². The summed E-state index contributed by atoms with van der Waals surface area (Å²) in [5.41, 5.74) is 6.19. The van der Waals surface area contributed by atoms with Crippen LogP contribution in [-0.4, -0.2) is 25.7 Å². The zero-order valence-corrected chi connectivity index (χ0v) is 10.4. The van der Waals surface area contributed by atoms with Crippen molar-refractivity contribution in [3.05, 3.63) is 34.9 Å². The normalized spacial score (nSPS) is 12.2. The summed E-state index contributed by atoms with van der Waals surface area (Å²) in [6, 6.07) is 7.23. The van der Waals surface area contributed by atoms with Gasteiger partial charge < -0.3 is 15.2 Å². The predicted molar refractivity (Wildman–Crippen MR) is 65.7 cm³/mol. The Balaban J connectivity index is 2.41. The lowest BCUT2D eigenvalue weighted by atomic mass is 10.2. The van der Waals surface area contributed by atoms with E-state index in [0.717, 1.165) is 5.56 Å². The van der Waals surface area contributed by atoms with Gasteiger partial charge in [-0.1, -0.05) is 29.8 Å². The van der Waals surface area contributed by atoms with Crippen LogP contribution in [0.15, 0.2) is 24.3 Å². The number of hydrogen-bond donors (Lipinski definition) is 1. The zero-order valence-electron chi connectivity index (χ0n) is 9.69. The fourth-order valence-electron chi connectivity index (χ4n) is 1.28. The molecular formula is C12H16ClNO3. The van der Waals surface area contributed by atoms with E-state index in [1.165, 1.54) is 7.11 Å². The summed E-state index contributed by atoms with van der Waals surface area (Å²) < 4.78 is 10.1. The van der Waals surface area contributed by atoms with Gasteiger partial charge in [0.2, 0.25) is 0 Å². The van der Waals surface area contributed by atoms with E-state index in [1.54, 1.807) is 6.07 Å². The molecule has 0 fully saturated rings. The number of rotatable bonds is 6. The van der Waals surface area contributed by atoms with Gasteiger partial charge in [-0.2, -0.15) is 0 Å². The minimum Gasteiger partial charge on any atom is -0.461 e. The molecule has 17 heavy (non-hydrogen) atoms. The zero-order chi connectivity index (χ0) is 12.7. The summed E-state index contributed by atoms with van der Waals surface area (Å²) in [5, 5.41) is 0.586. The first-order chi connectivity index (χ1) is 8.17. The Bertz CT molecular complexity index is 367. The van der Waals surface area contributed by atoms with Crippen molar-refractivity contribution in [3.63, 3.8) is 0 Å². The Labute approximate surface area is 106 Å². The van der Waals surface area contributed by atoms with Crippen molar-refractivity contribution < 1.29 is 14.3 Å². The van der Waals surface area contributed by atoms with Gasteiger partial charge in [0.05, 0.1) is 12.5 Å². The molecule has 0 radical (unpaired) electrons. The Morgan fingerprint density at radius 1 is 1.47 bits per heavy atom. The van der Waals surface area contributed by atoms with E-state index in [1.807, 2.05) is 18.2 Å². The Morgan fingerprint density at radius 2 is 2.18 bits per heavy atom. The maximum absolute atomic E-state index is 11.5. The summed E-state index contributed by atoms with van der Waals surface area (Å²) in [4.78, 5) is 11.5. The average Bonchev–Trinajstić information content (AvgIpc) is 2.35.